The van der Waals surface area contributed by atoms with Crippen LogP contribution in [0.2, 0.25) is 0 Å². The van der Waals surface area contributed by atoms with Gasteiger partial charge in [0.2, 0.25) is 0 Å². The predicted molar refractivity (Wildman–Crippen MR) is 100 cm³/mol. The zero-order chi connectivity index (χ0) is 17.5. The molecule has 25 heavy (non-hydrogen) atoms. The summed E-state index contributed by atoms with van der Waals surface area (Å²) >= 11 is 0. The molecule has 0 amide bonds. The molecule has 0 radical (unpaired) electrons. The largest absolute Gasteiger partial charge is 0.492 e. The maximum absolute atomic E-state index is 6.00. The van der Waals surface area contributed by atoms with Crippen LogP contribution in [0, 0.1) is 0 Å². The van der Waals surface area contributed by atoms with Crippen molar-refractivity contribution in [3.8, 4) is 5.75 Å². The van der Waals surface area contributed by atoms with Gasteiger partial charge in [0, 0.05) is 33.2 Å². The van der Waals surface area contributed by atoms with Crippen molar-refractivity contribution in [3.05, 3.63) is 30.3 Å². The summed E-state index contributed by atoms with van der Waals surface area (Å²) in [6.07, 6.45) is 2.83. The SMILES string of the molecule is CN=C(NCC1CN2CCCC2CO1)N(C)CCOc1ccccc1. The van der Waals surface area contributed by atoms with Crippen molar-refractivity contribution < 1.29 is 9.47 Å². The summed E-state index contributed by atoms with van der Waals surface area (Å²) in [4.78, 5) is 9.02. The first-order valence-electron chi connectivity index (χ1n) is 9.21. The minimum atomic E-state index is 0.236. The highest BCUT2D eigenvalue weighted by Gasteiger charge is 2.32. The van der Waals surface area contributed by atoms with E-state index in [9.17, 15) is 0 Å². The summed E-state index contributed by atoms with van der Waals surface area (Å²) in [5, 5.41) is 3.44. The van der Waals surface area contributed by atoms with E-state index in [2.05, 4.69) is 20.1 Å². The highest BCUT2D eigenvalue weighted by molar-refractivity contribution is 5.79. The third-order valence-corrected chi connectivity index (χ3v) is 4.96. The van der Waals surface area contributed by atoms with E-state index in [-0.39, 0.29) is 6.10 Å². The monoisotopic (exact) mass is 346 g/mol. The number of likely N-dealkylation sites (N-methyl/N-ethyl adjacent to an activating group) is 1. The zero-order valence-corrected chi connectivity index (χ0v) is 15.4. The molecule has 0 spiro atoms. The number of benzene rings is 1. The van der Waals surface area contributed by atoms with Gasteiger partial charge in [0.1, 0.15) is 12.4 Å². The van der Waals surface area contributed by atoms with Gasteiger partial charge in [0.05, 0.1) is 19.3 Å². The Labute approximate surface area is 150 Å². The minimum absolute atomic E-state index is 0.236. The highest BCUT2D eigenvalue weighted by atomic mass is 16.5. The van der Waals surface area contributed by atoms with Gasteiger partial charge in [0.15, 0.2) is 5.96 Å². The van der Waals surface area contributed by atoms with Gasteiger partial charge in [-0.1, -0.05) is 18.2 Å². The molecule has 3 rings (SSSR count). The van der Waals surface area contributed by atoms with Crippen LogP contribution in [0.1, 0.15) is 12.8 Å². The van der Waals surface area contributed by atoms with Gasteiger partial charge in [-0.2, -0.15) is 0 Å². The Morgan fingerprint density at radius 2 is 2.24 bits per heavy atom. The van der Waals surface area contributed by atoms with E-state index < -0.39 is 0 Å². The van der Waals surface area contributed by atoms with Gasteiger partial charge >= 0.3 is 0 Å². The fraction of sp³-hybridized carbons (Fsp3) is 0.632. The van der Waals surface area contributed by atoms with Crippen LogP contribution in [0.25, 0.3) is 0 Å². The summed E-state index contributed by atoms with van der Waals surface area (Å²) in [5.41, 5.74) is 0. The number of hydrogen-bond donors (Lipinski definition) is 1. The van der Waals surface area contributed by atoms with Crippen molar-refractivity contribution in [2.45, 2.75) is 25.0 Å². The Hall–Kier alpha value is -1.79. The highest BCUT2D eigenvalue weighted by Crippen LogP contribution is 2.22. The van der Waals surface area contributed by atoms with Crippen LogP contribution in [0.15, 0.2) is 35.3 Å². The minimum Gasteiger partial charge on any atom is -0.492 e. The molecule has 6 heteroatoms. The zero-order valence-electron chi connectivity index (χ0n) is 15.4. The van der Waals surface area contributed by atoms with Crippen LogP contribution < -0.4 is 10.1 Å². The molecule has 138 valence electrons. The second kappa shape index (κ2) is 9.06. The van der Waals surface area contributed by atoms with E-state index in [1.165, 1.54) is 19.4 Å². The topological polar surface area (TPSA) is 49.3 Å². The molecule has 1 aromatic carbocycles. The van der Waals surface area contributed by atoms with Crippen molar-refractivity contribution in [2.24, 2.45) is 4.99 Å². The van der Waals surface area contributed by atoms with Crippen molar-refractivity contribution in [1.29, 1.82) is 0 Å². The van der Waals surface area contributed by atoms with Gasteiger partial charge in [-0.3, -0.25) is 9.89 Å². The number of nitrogens with zero attached hydrogens (tertiary/aromatic N) is 3. The molecule has 1 N–H and O–H groups in total. The van der Waals surface area contributed by atoms with E-state index >= 15 is 0 Å². The third-order valence-electron chi connectivity index (χ3n) is 4.96. The molecule has 2 unspecified atom stereocenters. The lowest BCUT2D eigenvalue weighted by Crippen LogP contribution is -2.51. The second-order valence-corrected chi connectivity index (χ2v) is 6.76. The molecule has 2 aliphatic rings. The lowest BCUT2D eigenvalue weighted by Gasteiger charge is -2.35. The number of hydrogen-bond acceptors (Lipinski definition) is 4. The molecule has 6 nitrogen and oxygen atoms in total. The molecule has 2 atom stereocenters. The number of fused-ring (bicyclic) bond motifs is 1. The summed E-state index contributed by atoms with van der Waals surface area (Å²) in [6.45, 7) is 5.29. The van der Waals surface area contributed by atoms with Crippen LogP contribution in [0.4, 0.5) is 0 Å². The standard InChI is InChI=1S/C19H30N4O2/c1-20-19(22(2)11-12-24-17-8-4-3-5-9-17)21-13-18-14-23-10-6-7-16(23)15-25-18/h3-5,8-9,16,18H,6-7,10-15H2,1-2H3,(H,20,21). The van der Waals surface area contributed by atoms with Gasteiger partial charge < -0.3 is 19.7 Å². The van der Waals surface area contributed by atoms with Crippen molar-refractivity contribution in [1.82, 2.24) is 15.1 Å². The lowest BCUT2D eigenvalue weighted by atomic mass is 10.2. The first-order valence-corrected chi connectivity index (χ1v) is 9.21. The smallest absolute Gasteiger partial charge is 0.193 e. The van der Waals surface area contributed by atoms with Crippen LogP contribution in [-0.4, -0.2) is 81.4 Å². The van der Waals surface area contributed by atoms with Gasteiger partial charge in [0.25, 0.3) is 0 Å². The van der Waals surface area contributed by atoms with Crippen LogP contribution in [-0.2, 0) is 4.74 Å². The van der Waals surface area contributed by atoms with Crippen LogP contribution in [0.3, 0.4) is 0 Å². The molecule has 2 heterocycles. The molecule has 2 aliphatic heterocycles. The molecule has 1 aromatic rings. The molecule has 0 aliphatic carbocycles. The summed E-state index contributed by atoms with van der Waals surface area (Å²) in [7, 11) is 3.84. The van der Waals surface area contributed by atoms with Crippen molar-refractivity contribution in [3.63, 3.8) is 0 Å². The Balaban J connectivity index is 1.38. The van der Waals surface area contributed by atoms with Gasteiger partial charge in [-0.25, -0.2) is 0 Å². The van der Waals surface area contributed by atoms with E-state index in [1.807, 2.05) is 44.4 Å². The number of aliphatic imine (C=N–C) groups is 1. The van der Waals surface area contributed by atoms with Gasteiger partial charge in [-0.15, -0.1) is 0 Å². The number of ether oxygens (including phenoxy) is 2. The Bertz CT molecular complexity index is 552. The Kier molecular flexibility index (Phi) is 6.53. The Morgan fingerprint density at radius 1 is 1.40 bits per heavy atom. The first-order chi connectivity index (χ1) is 12.3. The normalized spacial score (nSPS) is 24.0. The number of morpholine rings is 1. The molecule has 2 fully saturated rings. The molecular weight excluding hydrogens is 316 g/mol. The van der Waals surface area contributed by atoms with Crippen molar-refractivity contribution in [2.75, 3.05) is 53.5 Å². The van der Waals surface area contributed by atoms with Crippen LogP contribution >= 0.6 is 0 Å². The molecule has 0 saturated carbocycles. The number of nitrogens with one attached hydrogen (secondary N) is 1. The number of rotatable bonds is 6. The fourth-order valence-corrected chi connectivity index (χ4v) is 3.52. The maximum Gasteiger partial charge on any atom is 0.193 e. The average Bonchev–Trinajstić information content (AvgIpc) is 3.11. The quantitative estimate of drug-likeness (QED) is 0.624. The predicted octanol–water partition coefficient (Wildman–Crippen LogP) is 1.44. The number of guanidine groups is 1. The molecule has 0 aromatic heterocycles. The van der Waals surface area contributed by atoms with Crippen LogP contribution in [0.5, 0.6) is 5.75 Å². The molecule has 0 bridgehead atoms. The number of para-hydroxylation sites is 1. The Morgan fingerprint density at radius 3 is 3.04 bits per heavy atom. The second-order valence-electron chi connectivity index (χ2n) is 6.76. The maximum atomic E-state index is 6.00. The first kappa shape index (κ1) is 18.0. The summed E-state index contributed by atoms with van der Waals surface area (Å²) in [5.74, 6) is 1.78. The van der Waals surface area contributed by atoms with E-state index in [0.29, 0.717) is 12.6 Å². The van der Waals surface area contributed by atoms with E-state index in [0.717, 1.165) is 38.0 Å². The average molecular weight is 346 g/mol. The third kappa shape index (κ3) is 5.09. The molecular formula is C19H30N4O2. The van der Waals surface area contributed by atoms with E-state index in [4.69, 9.17) is 9.47 Å². The lowest BCUT2D eigenvalue weighted by molar-refractivity contribution is -0.0454. The fourth-order valence-electron chi connectivity index (χ4n) is 3.52. The molecule has 2 saturated heterocycles. The van der Waals surface area contributed by atoms with E-state index in [1.54, 1.807) is 0 Å². The summed E-state index contributed by atoms with van der Waals surface area (Å²) < 4.78 is 11.8. The van der Waals surface area contributed by atoms with Gasteiger partial charge in [-0.05, 0) is 31.5 Å². The summed E-state index contributed by atoms with van der Waals surface area (Å²) in [6, 6.07) is 10.5. The van der Waals surface area contributed by atoms with Crippen molar-refractivity contribution >= 4 is 5.96 Å².